The number of likely N-dealkylation sites (tertiary alicyclic amines) is 1. The third-order valence-corrected chi connectivity index (χ3v) is 5.62. The van der Waals surface area contributed by atoms with Gasteiger partial charge in [0.2, 0.25) is 5.91 Å². The first kappa shape index (κ1) is 18.9. The minimum absolute atomic E-state index is 0.0166. The van der Waals surface area contributed by atoms with Crippen molar-refractivity contribution in [1.82, 2.24) is 15.2 Å². The lowest BCUT2D eigenvalue weighted by atomic mass is 9.90. The molecule has 1 fully saturated rings. The quantitative estimate of drug-likeness (QED) is 0.828. The second kappa shape index (κ2) is 8.68. The monoisotopic (exact) mass is 379 g/mol. The van der Waals surface area contributed by atoms with Crippen LogP contribution in [-0.4, -0.2) is 28.9 Å². The largest absolute Gasteiger partial charge is 0.347 e. The normalized spacial score (nSPS) is 19.3. The van der Waals surface area contributed by atoms with Crippen LogP contribution in [0.4, 0.5) is 8.78 Å². The van der Waals surface area contributed by atoms with Gasteiger partial charge in [0.05, 0.1) is 6.04 Å². The molecule has 4 nitrogen and oxygen atoms in total. The Bertz CT molecular complexity index is 738. The van der Waals surface area contributed by atoms with Crippen molar-refractivity contribution in [2.75, 3.05) is 13.1 Å². The summed E-state index contributed by atoms with van der Waals surface area (Å²) in [6, 6.07) is 3.96. The van der Waals surface area contributed by atoms with E-state index >= 15 is 0 Å². The lowest BCUT2D eigenvalue weighted by molar-refractivity contribution is -0.122. The predicted molar refractivity (Wildman–Crippen MR) is 97.6 cm³/mol. The lowest BCUT2D eigenvalue weighted by Gasteiger charge is -2.36. The average molecular weight is 379 g/mol. The third-order valence-electron chi connectivity index (χ3n) is 4.76. The van der Waals surface area contributed by atoms with E-state index in [0.717, 1.165) is 36.5 Å². The van der Waals surface area contributed by atoms with Gasteiger partial charge in [0, 0.05) is 31.1 Å². The van der Waals surface area contributed by atoms with Crippen LogP contribution in [0.1, 0.15) is 42.8 Å². The highest BCUT2D eigenvalue weighted by atomic mass is 32.1. The van der Waals surface area contributed by atoms with Gasteiger partial charge in [-0.3, -0.25) is 9.69 Å². The van der Waals surface area contributed by atoms with Gasteiger partial charge in [-0.05, 0) is 43.0 Å². The molecule has 1 amide bonds. The van der Waals surface area contributed by atoms with Crippen molar-refractivity contribution in [2.24, 2.45) is 5.92 Å². The molecule has 0 aliphatic carbocycles. The summed E-state index contributed by atoms with van der Waals surface area (Å²) >= 11 is 1.55. The van der Waals surface area contributed by atoms with E-state index in [4.69, 9.17) is 0 Å². The molecule has 0 radical (unpaired) electrons. The Morgan fingerprint density at radius 2 is 2.27 bits per heavy atom. The zero-order valence-electron chi connectivity index (χ0n) is 14.8. The van der Waals surface area contributed by atoms with Crippen molar-refractivity contribution in [3.63, 3.8) is 0 Å². The summed E-state index contributed by atoms with van der Waals surface area (Å²) in [7, 11) is 0. The SMILES string of the molecule is CCC(=O)N[C@H](c1nccs1)[C@@H]1CCCN(Cc2ccc(F)c(F)c2)C1. The number of thiazole rings is 1. The molecule has 1 aromatic carbocycles. The van der Waals surface area contributed by atoms with Crippen LogP contribution in [0.25, 0.3) is 0 Å². The predicted octanol–water partition coefficient (Wildman–Crippen LogP) is 3.90. The Kier molecular flexibility index (Phi) is 6.32. The number of nitrogens with one attached hydrogen (secondary N) is 1. The molecule has 0 bridgehead atoms. The molecule has 140 valence electrons. The van der Waals surface area contributed by atoms with Gasteiger partial charge in [-0.2, -0.15) is 0 Å². The van der Waals surface area contributed by atoms with Crippen LogP contribution in [0, 0.1) is 17.6 Å². The lowest BCUT2D eigenvalue weighted by Crippen LogP contribution is -2.42. The van der Waals surface area contributed by atoms with E-state index in [2.05, 4.69) is 15.2 Å². The topological polar surface area (TPSA) is 45.2 Å². The maximum absolute atomic E-state index is 13.5. The van der Waals surface area contributed by atoms with Crippen molar-refractivity contribution >= 4 is 17.2 Å². The van der Waals surface area contributed by atoms with Crippen LogP contribution in [-0.2, 0) is 11.3 Å². The molecule has 3 rings (SSSR count). The summed E-state index contributed by atoms with van der Waals surface area (Å²) < 4.78 is 26.6. The van der Waals surface area contributed by atoms with Crippen LogP contribution in [0.15, 0.2) is 29.8 Å². The number of carbonyl (C=O) groups excluding carboxylic acids is 1. The molecule has 1 aliphatic rings. The Labute approximate surface area is 156 Å². The van der Waals surface area contributed by atoms with Gasteiger partial charge in [-0.25, -0.2) is 13.8 Å². The highest BCUT2D eigenvalue weighted by molar-refractivity contribution is 7.09. The van der Waals surface area contributed by atoms with Crippen molar-refractivity contribution in [3.8, 4) is 0 Å². The van der Waals surface area contributed by atoms with E-state index in [1.807, 2.05) is 12.3 Å². The third kappa shape index (κ3) is 4.65. The van der Waals surface area contributed by atoms with Crippen LogP contribution >= 0.6 is 11.3 Å². The summed E-state index contributed by atoms with van der Waals surface area (Å²) in [4.78, 5) is 18.6. The number of hydrogen-bond donors (Lipinski definition) is 1. The highest BCUT2D eigenvalue weighted by Gasteiger charge is 2.31. The molecule has 2 heterocycles. The molecule has 2 aromatic rings. The highest BCUT2D eigenvalue weighted by Crippen LogP contribution is 2.31. The van der Waals surface area contributed by atoms with Gasteiger partial charge in [0.15, 0.2) is 11.6 Å². The molecule has 26 heavy (non-hydrogen) atoms. The zero-order chi connectivity index (χ0) is 18.5. The fourth-order valence-electron chi connectivity index (χ4n) is 3.45. The summed E-state index contributed by atoms with van der Waals surface area (Å²) in [5.41, 5.74) is 0.757. The maximum Gasteiger partial charge on any atom is 0.220 e. The smallest absolute Gasteiger partial charge is 0.220 e. The summed E-state index contributed by atoms with van der Waals surface area (Å²) in [6.07, 6.45) is 4.20. The molecule has 0 saturated carbocycles. The van der Waals surface area contributed by atoms with Gasteiger partial charge >= 0.3 is 0 Å². The molecule has 2 atom stereocenters. The van der Waals surface area contributed by atoms with Crippen molar-refractivity contribution in [2.45, 2.75) is 38.8 Å². The Morgan fingerprint density at radius 3 is 2.96 bits per heavy atom. The van der Waals surface area contributed by atoms with Gasteiger partial charge in [-0.15, -0.1) is 11.3 Å². The van der Waals surface area contributed by atoms with Gasteiger partial charge in [0.25, 0.3) is 0 Å². The Morgan fingerprint density at radius 1 is 1.42 bits per heavy atom. The Hall–Kier alpha value is -1.86. The molecule has 1 aliphatic heterocycles. The number of carbonyl (C=O) groups is 1. The molecule has 0 spiro atoms. The van der Waals surface area contributed by atoms with E-state index < -0.39 is 11.6 Å². The number of aromatic nitrogens is 1. The first-order valence-corrected chi connectivity index (χ1v) is 9.79. The Balaban J connectivity index is 1.70. The zero-order valence-corrected chi connectivity index (χ0v) is 15.6. The fourth-order valence-corrected chi connectivity index (χ4v) is 4.23. The molecule has 7 heteroatoms. The van der Waals surface area contributed by atoms with E-state index in [1.54, 1.807) is 23.6 Å². The van der Waals surface area contributed by atoms with Gasteiger partial charge in [0.1, 0.15) is 5.01 Å². The van der Waals surface area contributed by atoms with E-state index in [0.29, 0.717) is 13.0 Å². The molecule has 1 N–H and O–H groups in total. The summed E-state index contributed by atoms with van der Waals surface area (Å²) in [6.45, 7) is 4.10. The van der Waals surface area contributed by atoms with Crippen LogP contribution in [0.3, 0.4) is 0 Å². The van der Waals surface area contributed by atoms with E-state index in [9.17, 15) is 13.6 Å². The number of halogens is 2. The number of nitrogens with zero attached hydrogens (tertiary/aromatic N) is 2. The van der Waals surface area contributed by atoms with Gasteiger partial charge in [-0.1, -0.05) is 13.0 Å². The summed E-state index contributed by atoms with van der Waals surface area (Å²) in [5.74, 6) is -1.37. The van der Waals surface area contributed by atoms with Crippen molar-refractivity contribution < 1.29 is 13.6 Å². The summed E-state index contributed by atoms with van der Waals surface area (Å²) in [5, 5.41) is 5.95. The minimum atomic E-state index is -0.823. The maximum atomic E-state index is 13.5. The first-order valence-electron chi connectivity index (χ1n) is 8.92. The molecule has 1 saturated heterocycles. The second-order valence-corrected chi connectivity index (χ2v) is 7.58. The van der Waals surface area contributed by atoms with Crippen LogP contribution in [0.5, 0.6) is 0 Å². The number of hydrogen-bond acceptors (Lipinski definition) is 4. The number of rotatable bonds is 6. The van der Waals surface area contributed by atoms with E-state index in [-0.39, 0.29) is 17.9 Å². The first-order chi connectivity index (χ1) is 12.6. The van der Waals surface area contributed by atoms with Crippen molar-refractivity contribution in [3.05, 3.63) is 52.0 Å². The standard InChI is InChI=1S/C19H23F2N3OS/c1-2-17(25)23-18(19-22-7-9-26-19)14-4-3-8-24(12-14)11-13-5-6-15(20)16(21)10-13/h5-7,9-10,14,18H,2-4,8,11-12H2,1H3,(H,23,25)/t14-,18+/m1/s1. The number of amides is 1. The molecule has 1 aromatic heterocycles. The second-order valence-electron chi connectivity index (χ2n) is 6.65. The van der Waals surface area contributed by atoms with Gasteiger partial charge < -0.3 is 5.32 Å². The van der Waals surface area contributed by atoms with Crippen LogP contribution in [0.2, 0.25) is 0 Å². The number of piperidine rings is 1. The van der Waals surface area contributed by atoms with E-state index in [1.165, 1.54) is 12.1 Å². The molecular formula is C19H23F2N3OS. The average Bonchev–Trinajstić information content (AvgIpc) is 3.17. The molecule has 0 unspecified atom stereocenters. The fraction of sp³-hybridized carbons (Fsp3) is 0.474. The molecular weight excluding hydrogens is 356 g/mol. The van der Waals surface area contributed by atoms with Crippen LogP contribution < -0.4 is 5.32 Å². The van der Waals surface area contributed by atoms with Crippen molar-refractivity contribution in [1.29, 1.82) is 0 Å². The number of benzene rings is 1. The minimum Gasteiger partial charge on any atom is -0.347 e.